The summed E-state index contributed by atoms with van der Waals surface area (Å²) in [6.45, 7) is 0.360. The van der Waals surface area contributed by atoms with Gasteiger partial charge in [-0.3, -0.25) is 0 Å². The summed E-state index contributed by atoms with van der Waals surface area (Å²) in [4.78, 5) is 4.92. The van der Waals surface area contributed by atoms with E-state index < -0.39 is 10.0 Å². The minimum absolute atomic E-state index is 0.360. The number of rotatable bonds is 5. The SMILES string of the molecule is O=S(=O)(NCCc1nc2ccccc2s1)c1ccc2c(c1)CCCC2. The van der Waals surface area contributed by atoms with Crippen LogP contribution in [0.15, 0.2) is 47.4 Å². The predicted octanol–water partition coefficient (Wildman–Crippen LogP) is 3.70. The van der Waals surface area contributed by atoms with Gasteiger partial charge in [-0.15, -0.1) is 11.3 Å². The van der Waals surface area contributed by atoms with Gasteiger partial charge in [-0.25, -0.2) is 18.1 Å². The van der Waals surface area contributed by atoms with Gasteiger partial charge in [-0.1, -0.05) is 18.2 Å². The second kappa shape index (κ2) is 6.86. The zero-order valence-corrected chi connectivity index (χ0v) is 15.5. The molecule has 0 radical (unpaired) electrons. The molecule has 0 unspecified atom stereocenters. The quantitative estimate of drug-likeness (QED) is 0.743. The summed E-state index contributed by atoms with van der Waals surface area (Å²) < 4.78 is 29.0. The van der Waals surface area contributed by atoms with Crippen LogP contribution in [0.2, 0.25) is 0 Å². The van der Waals surface area contributed by atoms with Gasteiger partial charge in [0, 0.05) is 13.0 Å². The molecule has 0 bridgehead atoms. The van der Waals surface area contributed by atoms with Crippen molar-refractivity contribution in [2.75, 3.05) is 6.54 Å². The molecule has 4 nitrogen and oxygen atoms in total. The number of thiazole rings is 1. The van der Waals surface area contributed by atoms with Gasteiger partial charge in [0.15, 0.2) is 0 Å². The Kier molecular flexibility index (Phi) is 4.58. The van der Waals surface area contributed by atoms with Crippen LogP contribution >= 0.6 is 11.3 Å². The van der Waals surface area contributed by atoms with Gasteiger partial charge in [0.2, 0.25) is 10.0 Å². The second-order valence-corrected chi connectivity index (χ2v) is 9.24. The molecule has 0 saturated heterocycles. The number of aromatic nitrogens is 1. The summed E-state index contributed by atoms with van der Waals surface area (Å²) in [6, 6.07) is 13.5. The summed E-state index contributed by atoms with van der Waals surface area (Å²) in [5, 5.41) is 0.953. The van der Waals surface area contributed by atoms with Crippen molar-refractivity contribution < 1.29 is 8.42 Å². The van der Waals surface area contributed by atoms with Crippen LogP contribution < -0.4 is 4.72 Å². The Bertz CT molecular complexity index is 976. The maximum Gasteiger partial charge on any atom is 0.240 e. The highest BCUT2D eigenvalue weighted by Crippen LogP contribution is 2.24. The van der Waals surface area contributed by atoms with Crippen molar-refractivity contribution in [2.24, 2.45) is 0 Å². The smallest absolute Gasteiger partial charge is 0.240 e. The zero-order chi connectivity index (χ0) is 17.3. The van der Waals surface area contributed by atoms with Gasteiger partial charge in [-0.2, -0.15) is 0 Å². The molecule has 0 saturated carbocycles. The van der Waals surface area contributed by atoms with E-state index in [0.717, 1.165) is 34.5 Å². The molecule has 1 aliphatic rings. The molecular formula is C19H20N2O2S2. The molecule has 25 heavy (non-hydrogen) atoms. The Morgan fingerprint density at radius 3 is 2.68 bits per heavy atom. The molecule has 1 aromatic heterocycles. The topological polar surface area (TPSA) is 59.1 Å². The van der Waals surface area contributed by atoms with E-state index in [9.17, 15) is 8.42 Å². The van der Waals surface area contributed by atoms with Gasteiger partial charge < -0.3 is 0 Å². The summed E-state index contributed by atoms with van der Waals surface area (Å²) in [6.07, 6.45) is 4.97. The summed E-state index contributed by atoms with van der Waals surface area (Å²) >= 11 is 1.62. The Morgan fingerprint density at radius 2 is 1.84 bits per heavy atom. The molecule has 130 valence electrons. The third-order valence-electron chi connectivity index (χ3n) is 4.60. The lowest BCUT2D eigenvalue weighted by Crippen LogP contribution is -2.26. The van der Waals surface area contributed by atoms with E-state index >= 15 is 0 Å². The molecule has 0 atom stereocenters. The monoisotopic (exact) mass is 372 g/mol. The molecule has 3 aromatic rings. The summed E-state index contributed by atoms with van der Waals surface area (Å²) in [5.74, 6) is 0. The molecule has 0 spiro atoms. The molecular weight excluding hydrogens is 352 g/mol. The highest BCUT2D eigenvalue weighted by molar-refractivity contribution is 7.89. The van der Waals surface area contributed by atoms with Crippen molar-refractivity contribution in [3.8, 4) is 0 Å². The Morgan fingerprint density at radius 1 is 1.04 bits per heavy atom. The number of hydrogen-bond acceptors (Lipinski definition) is 4. The van der Waals surface area contributed by atoms with Crippen LogP contribution in [-0.4, -0.2) is 19.9 Å². The number of hydrogen-bond donors (Lipinski definition) is 1. The lowest BCUT2D eigenvalue weighted by atomic mass is 9.92. The normalized spacial score (nSPS) is 14.6. The average molecular weight is 373 g/mol. The van der Waals surface area contributed by atoms with Crippen molar-refractivity contribution in [2.45, 2.75) is 37.0 Å². The highest BCUT2D eigenvalue weighted by atomic mass is 32.2. The van der Waals surface area contributed by atoms with Crippen LogP contribution in [0.4, 0.5) is 0 Å². The third-order valence-corrected chi connectivity index (χ3v) is 7.15. The fourth-order valence-corrected chi connectivity index (χ4v) is 5.33. The van der Waals surface area contributed by atoms with E-state index in [4.69, 9.17) is 0 Å². The fraction of sp³-hybridized carbons (Fsp3) is 0.316. The molecule has 1 N–H and O–H groups in total. The van der Waals surface area contributed by atoms with Crippen LogP contribution in [0.1, 0.15) is 29.0 Å². The van der Waals surface area contributed by atoms with Crippen molar-refractivity contribution in [3.63, 3.8) is 0 Å². The van der Waals surface area contributed by atoms with Crippen LogP contribution in [-0.2, 0) is 29.3 Å². The Balaban J connectivity index is 1.44. The van der Waals surface area contributed by atoms with Crippen molar-refractivity contribution in [1.29, 1.82) is 0 Å². The van der Waals surface area contributed by atoms with Crippen LogP contribution in [0.5, 0.6) is 0 Å². The number of nitrogens with zero attached hydrogens (tertiary/aromatic N) is 1. The number of sulfonamides is 1. The van der Waals surface area contributed by atoms with Gasteiger partial charge in [0.05, 0.1) is 20.1 Å². The Labute approximate surface area is 152 Å². The van der Waals surface area contributed by atoms with Gasteiger partial charge in [0.25, 0.3) is 0 Å². The van der Waals surface area contributed by atoms with Crippen molar-refractivity contribution in [3.05, 3.63) is 58.6 Å². The molecule has 6 heteroatoms. The maximum absolute atomic E-state index is 12.6. The van der Waals surface area contributed by atoms with E-state index in [2.05, 4.69) is 9.71 Å². The number of benzene rings is 2. The van der Waals surface area contributed by atoms with Gasteiger partial charge in [-0.05, 0) is 61.1 Å². The largest absolute Gasteiger partial charge is 0.241 e. The maximum atomic E-state index is 12.6. The Hall–Kier alpha value is -1.76. The van der Waals surface area contributed by atoms with Crippen LogP contribution in [0.25, 0.3) is 10.2 Å². The number of para-hydroxylation sites is 1. The second-order valence-electron chi connectivity index (χ2n) is 6.36. The van der Waals surface area contributed by atoms with Crippen LogP contribution in [0, 0.1) is 0 Å². The molecule has 1 heterocycles. The first-order chi connectivity index (χ1) is 12.1. The lowest BCUT2D eigenvalue weighted by Gasteiger charge is -2.16. The van der Waals surface area contributed by atoms with Crippen molar-refractivity contribution in [1.82, 2.24) is 9.71 Å². The summed E-state index contributed by atoms with van der Waals surface area (Å²) in [5.41, 5.74) is 3.44. The van der Waals surface area contributed by atoms with E-state index in [-0.39, 0.29) is 0 Å². The van der Waals surface area contributed by atoms with Crippen LogP contribution in [0.3, 0.4) is 0 Å². The lowest BCUT2D eigenvalue weighted by molar-refractivity contribution is 0.581. The standard InChI is InChI=1S/C19H20N2O2S2/c22-25(23,16-10-9-14-5-1-2-6-15(14)13-16)20-12-11-19-21-17-7-3-4-8-18(17)24-19/h3-4,7-10,13,20H,1-2,5-6,11-12H2. The third kappa shape index (κ3) is 3.61. The number of aryl methyl sites for hydroxylation is 2. The van der Waals surface area contributed by atoms with E-state index in [1.165, 1.54) is 17.5 Å². The average Bonchev–Trinajstić information content (AvgIpc) is 3.04. The van der Waals surface area contributed by atoms with Gasteiger partial charge in [0.1, 0.15) is 0 Å². The molecule has 2 aromatic carbocycles. The highest BCUT2D eigenvalue weighted by Gasteiger charge is 2.17. The molecule has 4 rings (SSSR count). The first-order valence-corrected chi connectivity index (χ1v) is 10.9. The molecule has 0 fully saturated rings. The molecule has 0 aliphatic heterocycles. The first-order valence-electron chi connectivity index (χ1n) is 8.58. The minimum atomic E-state index is -3.47. The summed E-state index contributed by atoms with van der Waals surface area (Å²) in [7, 11) is -3.47. The first kappa shape index (κ1) is 16.7. The number of fused-ring (bicyclic) bond motifs is 2. The van der Waals surface area contributed by atoms with Crippen molar-refractivity contribution >= 4 is 31.6 Å². The molecule has 0 amide bonds. The van der Waals surface area contributed by atoms with Gasteiger partial charge >= 0.3 is 0 Å². The minimum Gasteiger partial charge on any atom is -0.241 e. The fourth-order valence-electron chi connectivity index (χ4n) is 3.28. The van der Waals surface area contributed by atoms with E-state index in [1.807, 2.05) is 36.4 Å². The molecule has 1 aliphatic carbocycles. The zero-order valence-electron chi connectivity index (χ0n) is 13.9. The number of nitrogens with one attached hydrogen (secondary N) is 1. The van der Waals surface area contributed by atoms with E-state index in [1.54, 1.807) is 17.4 Å². The van der Waals surface area contributed by atoms with E-state index in [0.29, 0.717) is 17.9 Å². The predicted molar refractivity (Wildman–Crippen MR) is 102 cm³/mol.